The molecule has 14 heavy (non-hydrogen) atoms. The van der Waals surface area contributed by atoms with Crippen LogP contribution in [0.5, 0.6) is 0 Å². The Labute approximate surface area is 89.2 Å². The van der Waals surface area contributed by atoms with E-state index >= 15 is 0 Å². The molecule has 1 atom stereocenters. The topological polar surface area (TPSA) is 64.1 Å². The molecule has 4 heteroatoms. The van der Waals surface area contributed by atoms with Crippen molar-refractivity contribution in [1.82, 2.24) is 0 Å². The number of nitrogens with two attached hydrogens (primary N) is 2. The molecule has 0 aliphatic heterocycles. The predicted molar refractivity (Wildman–Crippen MR) is 63.7 cm³/mol. The smallest absolute Gasteiger partial charge is 0.0341 e. The first kappa shape index (κ1) is 11.4. The van der Waals surface area contributed by atoms with Crippen LogP contribution in [0.15, 0.2) is 29.2 Å². The molecule has 0 aliphatic carbocycles. The van der Waals surface area contributed by atoms with Gasteiger partial charge < -0.3 is 16.8 Å². The van der Waals surface area contributed by atoms with Crippen molar-refractivity contribution in [3.05, 3.63) is 24.3 Å². The lowest BCUT2D eigenvalue weighted by Gasteiger charge is -2.11. The van der Waals surface area contributed by atoms with Gasteiger partial charge in [0, 0.05) is 29.7 Å². The minimum absolute atomic E-state index is 0.0234. The molecule has 0 amide bonds. The van der Waals surface area contributed by atoms with E-state index in [4.69, 9.17) is 11.5 Å². The Morgan fingerprint density at radius 3 is 2.50 bits per heavy atom. The summed E-state index contributed by atoms with van der Waals surface area (Å²) in [6.45, 7) is 1.23. The highest BCUT2D eigenvalue weighted by Gasteiger charge is 1.98. The summed E-state index contributed by atoms with van der Waals surface area (Å²) in [5.41, 5.74) is 12.2. The summed E-state index contributed by atoms with van der Waals surface area (Å²) in [5.74, 6) is 0. The van der Waals surface area contributed by atoms with Crippen molar-refractivity contribution in [3.8, 4) is 0 Å². The van der Waals surface area contributed by atoms with E-state index in [1.807, 2.05) is 0 Å². The monoisotopic (exact) mass is 211 g/mol. The molecule has 3 nitrogen and oxygen atoms in total. The number of hydrogen-bond acceptors (Lipinski definition) is 4. The first-order chi connectivity index (χ1) is 6.76. The average molecular weight is 211 g/mol. The second-order valence-electron chi connectivity index (χ2n) is 3.11. The third-order valence-corrected chi connectivity index (χ3v) is 2.70. The highest BCUT2D eigenvalue weighted by Crippen LogP contribution is 2.17. The molecule has 5 N–H and O–H groups in total. The van der Waals surface area contributed by atoms with Crippen molar-refractivity contribution in [2.24, 2.45) is 11.5 Å². The fourth-order valence-corrected chi connectivity index (χ4v) is 1.45. The molecule has 0 fully saturated rings. The lowest BCUT2D eigenvalue weighted by molar-refractivity contribution is 0.713. The second kappa shape index (κ2) is 5.90. The van der Waals surface area contributed by atoms with Crippen LogP contribution < -0.4 is 16.8 Å². The molecule has 0 bridgehead atoms. The van der Waals surface area contributed by atoms with Gasteiger partial charge in [-0.15, -0.1) is 11.8 Å². The van der Waals surface area contributed by atoms with Gasteiger partial charge in [0.2, 0.25) is 0 Å². The van der Waals surface area contributed by atoms with Gasteiger partial charge in [0.25, 0.3) is 0 Å². The van der Waals surface area contributed by atoms with Gasteiger partial charge >= 0.3 is 0 Å². The molecular formula is C10H17N3S. The van der Waals surface area contributed by atoms with E-state index in [1.54, 1.807) is 11.8 Å². The zero-order chi connectivity index (χ0) is 10.4. The zero-order valence-corrected chi connectivity index (χ0v) is 9.18. The molecule has 1 unspecified atom stereocenters. The standard InChI is InChI=1S/C10H17N3S/c1-14-10-4-2-9(3-5-10)13-7-8(12)6-11/h2-5,8,13H,6-7,11-12H2,1H3. The van der Waals surface area contributed by atoms with Gasteiger partial charge in [0.05, 0.1) is 0 Å². The molecule has 0 saturated carbocycles. The van der Waals surface area contributed by atoms with Crippen molar-refractivity contribution in [2.75, 3.05) is 24.7 Å². The van der Waals surface area contributed by atoms with Crippen LogP contribution in [0.3, 0.4) is 0 Å². The first-order valence-corrected chi connectivity index (χ1v) is 5.82. The molecule has 1 aromatic rings. The fourth-order valence-electron chi connectivity index (χ4n) is 1.04. The van der Waals surface area contributed by atoms with Crippen molar-refractivity contribution in [1.29, 1.82) is 0 Å². The number of hydrogen-bond donors (Lipinski definition) is 3. The molecular weight excluding hydrogens is 194 g/mol. The second-order valence-corrected chi connectivity index (χ2v) is 3.98. The SMILES string of the molecule is CSc1ccc(NCC(N)CN)cc1. The van der Waals surface area contributed by atoms with Crippen LogP contribution >= 0.6 is 11.8 Å². The van der Waals surface area contributed by atoms with Crippen LogP contribution in [0.1, 0.15) is 0 Å². The van der Waals surface area contributed by atoms with Crippen LogP contribution in [-0.2, 0) is 0 Å². The minimum Gasteiger partial charge on any atom is -0.383 e. The van der Waals surface area contributed by atoms with E-state index in [2.05, 4.69) is 35.8 Å². The van der Waals surface area contributed by atoms with Gasteiger partial charge in [0.1, 0.15) is 0 Å². The Hall–Kier alpha value is -0.710. The van der Waals surface area contributed by atoms with E-state index in [0.717, 1.165) is 12.2 Å². The Morgan fingerprint density at radius 1 is 1.36 bits per heavy atom. The lowest BCUT2D eigenvalue weighted by Crippen LogP contribution is -2.36. The lowest BCUT2D eigenvalue weighted by atomic mass is 10.3. The Balaban J connectivity index is 2.43. The number of thioether (sulfide) groups is 1. The maximum absolute atomic E-state index is 5.69. The fraction of sp³-hybridized carbons (Fsp3) is 0.400. The molecule has 1 rings (SSSR count). The number of anilines is 1. The first-order valence-electron chi connectivity index (χ1n) is 4.60. The van der Waals surface area contributed by atoms with E-state index in [9.17, 15) is 0 Å². The third-order valence-electron chi connectivity index (χ3n) is 1.96. The highest BCUT2D eigenvalue weighted by molar-refractivity contribution is 7.98. The normalized spacial score (nSPS) is 12.5. The summed E-state index contributed by atoms with van der Waals surface area (Å²) in [4.78, 5) is 1.26. The van der Waals surface area contributed by atoms with E-state index < -0.39 is 0 Å². The van der Waals surface area contributed by atoms with E-state index in [-0.39, 0.29) is 6.04 Å². The molecule has 0 heterocycles. The quantitative estimate of drug-likeness (QED) is 0.638. The van der Waals surface area contributed by atoms with E-state index in [1.165, 1.54) is 4.90 Å². The summed E-state index contributed by atoms with van der Waals surface area (Å²) in [5, 5.41) is 3.23. The van der Waals surface area contributed by atoms with Crippen molar-refractivity contribution in [2.45, 2.75) is 10.9 Å². The zero-order valence-electron chi connectivity index (χ0n) is 8.36. The van der Waals surface area contributed by atoms with Gasteiger partial charge in [-0.3, -0.25) is 0 Å². The van der Waals surface area contributed by atoms with Gasteiger partial charge in [-0.1, -0.05) is 0 Å². The van der Waals surface area contributed by atoms with Crippen molar-refractivity contribution in [3.63, 3.8) is 0 Å². The molecule has 0 saturated heterocycles. The largest absolute Gasteiger partial charge is 0.383 e. The Morgan fingerprint density at radius 2 is 2.00 bits per heavy atom. The molecule has 1 aromatic carbocycles. The van der Waals surface area contributed by atoms with Gasteiger partial charge in [-0.25, -0.2) is 0 Å². The summed E-state index contributed by atoms with van der Waals surface area (Å²) >= 11 is 1.73. The summed E-state index contributed by atoms with van der Waals surface area (Å²) in [7, 11) is 0. The summed E-state index contributed by atoms with van der Waals surface area (Å²) in [6.07, 6.45) is 2.06. The van der Waals surface area contributed by atoms with Gasteiger partial charge in [-0.05, 0) is 30.5 Å². The minimum atomic E-state index is 0.0234. The highest BCUT2D eigenvalue weighted by atomic mass is 32.2. The molecule has 0 aromatic heterocycles. The average Bonchev–Trinajstić information content (AvgIpc) is 2.26. The number of nitrogens with one attached hydrogen (secondary N) is 1. The molecule has 0 spiro atoms. The molecule has 0 radical (unpaired) electrons. The summed E-state index contributed by atoms with van der Waals surface area (Å²) < 4.78 is 0. The van der Waals surface area contributed by atoms with Gasteiger partial charge in [0.15, 0.2) is 0 Å². The number of rotatable bonds is 5. The van der Waals surface area contributed by atoms with E-state index in [0.29, 0.717) is 6.54 Å². The predicted octanol–water partition coefficient (Wildman–Crippen LogP) is 1.11. The maximum Gasteiger partial charge on any atom is 0.0341 e. The third kappa shape index (κ3) is 3.57. The Bertz CT molecular complexity index is 261. The van der Waals surface area contributed by atoms with Crippen molar-refractivity contribution < 1.29 is 0 Å². The summed E-state index contributed by atoms with van der Waals surface area (Å²) in [6, 6.07) is 8.29. The van der Waals surface area contributed by atoms with Crippen molar-refractivity contribution >= 4 is 17.4 Å². The van der Waals surface area contributed by atoms with Crippen LogP contribution in [0, 0.1) is 0 Å². The molecule has 78 valence electrons. The maximum atomic E-state index is 5.69. The Kier molecular flexibility index (Phi) is 4.79. The molecule has 0 aliphatic rings. The van der Waals surface area contributed by atoms with Crippen LogP contribution in [0.25, 0.3) is 0 Å². The number of benzene rings is 1. The van der Waals surface area contributed by atoms with Crippen LogP contribution in [0.2, 0.25) is 0 Å². The van der Waals surface area contributed by atoms with Crippen LogP contribution in [0.4, 0.5) is 5.69 Å². The van der Waals surface area contributed by atoms with Crippen LogP contribution in [-0.4, -0.2) is 25.4 Å². The van der Waals surface area contributed by atoms with Gasteiger partial charge in [-0.2, -0.15) is 0 Å².